The molecule has 0 fully saturated rings. The molecule has 0 saturated heterocycles. The number of benzene rings is 1. The van der Waals surface area contributed by atoms with Crippen molar-refractivity contribution in [3.63, 3.8) is 0 Å². The summed E-state index contributed by atoms with van der Waals surface area (Å²) in [7, 11) is 0. The SMILES string of the molecule is Cc1nc2ccc(NC(=O)NCCOCCO)cc2s1. The van der Waals surface area contributed by atoms with Crippen LogP contribution in [0.4, 0.5) is 10.5 Å². The van der Waals surface area contributed by atoms with Crippen LogP contribution in [0.15, 0.2) is 18.2 Å². The summed E-state index contributed by atoms with van der Waals surface area (Å²) in [6.07, 6.45) is 0. The summed E-state index contributed by atoms with van der Waals surface area (Å²) in [4.78, 5) is 16.0. The Morgan fingerprint density at radius 2 is 2.30 bits per heavy atom. The smallest absolute Gasteiger partial charge is 0.319 e. The molecule has 2 rings (SSSR count). The third-order valence-electron chi connectivity index (χ3n) is 2.52. The van der Waals surface area contributed by atoms with Gasteiger partial charge in [0.25, 0.3) is 0 Å². The van der Waals surface area contributed by atoms with Crippen molar-refractivity contribution >= 4 is 33.3 Å². The molecule has 1 aromatic carbocycles. The van der Waals surface area contributed by atoms with Gasteiger partial charge in [0, 0.05) is 12.2 Å². The summed E-state index contributed by atoms with van der Waals surface area (Å²) in [5.74, 6) is 0. The number of anilines is 1. The Morgan fingerprint density at radius 3 is 3.10 bits per heavy atom. The van der Waals surface area contributed by atoms with Gasteiger partial charge >= 0.3 is 6.03 Å². The number of aliphatic hydroxyl groups is 1. The number of hydrogen-bond acceptors (Lipinski definition) is 5. The van der Waals surface area contributed by atoms with Crippen LogP contribution < -0.4 is 10.6 Å². The topological polar surface area (TPSA) is 83.5 Å². The molecule has 1 heterocycles. The Bertz CT molecular complexity index is 585. The number of ether oxygens (including phenoxy) is 1. The van der Waals surface area contributed by atoms with E-state index in [1.165, 1.54) is 0 Å². The number of hydrogen-bond donors (Lipinski definition) is 3. The number of carbonyl (C=O) groups is 1. The zero-order valence-corrected chi connectivity index (χ0v) is 12.0. The van der Waals surface area contributed by atoms with Crippen LogP contribution in [0.3, 0.4) is 0 Å². The van der Waals surface area contributed by atoms with Crippen molar-refractivity contribution in [1.82, 2.24) is 10.3 Å². The number of nitrogens with one attached hydrogen (secondary N) is 2. The van der Waals surface area contributed by atoms with Crippen LogP contribution >= 0.6 is 11.3 Å². The van der Waals surface area contributed by atoms with Gasteiger partial charge in [-0.3, -0.25) is 0 Å². The number of thiazole rings is 1. The lowest BCUT2D eigenvalue weighted by molar-refractivity contribution is 0.0950. The van der Waals surface area contributed by atoms with Crippen LogP contribution in [0.1, 0.15) is 5.01 Å². The Hall–Kier alpha value is -1.70. The van der Waals surface area contributed by atoms with Crippen LogP contribution in [-0.2, 0) is 4.74 Å². The molecule has 0 aliphatic heterocycles. The number of nitrogens with zero attached hydrogens (tertiary/aromatic N) is 1. The van der Waals surface area contributed by atoms with E-state index in [1.807, 2.05) is 25.1 Å². The minimum Gasteiger partial charge on any atom is -0.394 e. The molecule has 0 spiro atoms. The molecule has 3 N–H and O–H groups in total. The molecule has 2 aromatic rings. The number of aromatic nitrogens is 1. The molecule has 0 saturated carbocycles. The highest BCUT2D eigenvalue weighted by Crippen LogP contribution is 2.24. The summed E-state index contributed by atoms with van der Waals surface area (Å²) < 4.78 is 6.09. The van der Waals surface area contributed by atoms with Crippen molar-refractivity contribution in [2.45, 2.75) is 6.92 Å². The minimum atomic E-state index is -0.279. The second kappa shape index (κ2) is 7.18. The molecule has 7 heteroatoms. The molecule has 6 nitrogen and oxygen atoms in total. The lowest BCUT2D eigenvalue weighted by Gasteiger charge is -2.07. The lowest BCUT2D eigenvalue weighted by Crippen LogP contribution is -2.31. The van der Waals surface area contributed by atoms with E-state index >= 15 is 0 Å². The van der Waals surface area contributed by atoms with Gasteiger partial charge in [0.15, 0.2) is 0 Å². The molecule has 0 radical (unpaired) electrons. The molecule has 0 bridgehead atoms. The first kappa shape index (κ1) is 14.7. The van der Waals surface area contributed by atoms with Crippen LogP contribution in [-0.4, -0.2) is 42.5 Å². The highest BCUT2D eigenvalue weighted by Gasteiger charge is 2.04. The number of fused-ring (bicyclic) bond motifs is 1. The molecule has 108 valence electrons. The Labute approximate surface area is 120 Å². The summed E-state index contributed by atoms with van der Waals surface area (Å²) >= 11 is 1.59. The first-order valence-electron chi connectivity index (χ1n) is 6.29. The highest BCUT2D eigenvalue weighted by molar-refractivity contribution is 7.18. The van der Waals surface area contributed by atoms with Gasteiger partial charge in [0.05, 0.1) is 35.0 Å². The van der Waals surface area contributed by atoms with E-state index in [-0.39, 0.29) is 19.2 Å². The second-order valence-electron chi connectivity index (χ2n) is 4.13. The maximum Gasteiger partial charge on any atom is 0.319 e. The summed E-state index contributed by atoms with van der Waals surface area (Å²) in [5, 5.41) is 15.0. The van der Waals surface area contributed by atoms with E-state index in [0.29, 0.717) is 13.2 Å². The van der Waals surface area contributed by atoms with Crippen LogP contribution in [0.5, 0.6) is 0 Å². The number of amides is 2. The van der Waals surface area contributed by atoms with Gasteiger partial charge in [-0.1, -0.05) is 0 Å². The second-order valence-corrected chi connectivity index (χ2v) is 5.37. The molecule has 0 aliphatic rings. The van der Waals surface area contributed by atoms with Gasteiger partial charge in [-0.05, 0) is 25.1 Å². The van der Waals surface area contributed by atoms with E-state index in [2.05, 4.69) is 15.6 Å². The van der Waals surface area contributed by atoms with E-state index in [1.54, 1.807) is 11.3 Å². The Morgan fingerprint density at radius 1 is 1.45 bits per heavy atom. The van der Waals surface area contributed by atoms with E-state index in [9.17, 15) is 4.79 Å². The third kappa shape index (κ3) is 4.16. The number of aryl methyl sites for hydroxylation is 1. The molecule has 1 aromatic heterocycles. The molecular formula is C13H17N3O3S. The largest absolute Gasteiger partial charge is 0.394 e. The molecular weight excluding hydrogens is 278 g/mol. The van der Waals surface area contributed by atoms with Crippen LogP contribution in [0.2, 0.25) is 0 Å². The van der Waals surface area contributed by atoms with Crippen molar-refractivity contribution in [1.29, 1.82) is 0 Å². The molecule has 2 amide bonds. The molecule has 0 atom stereocenters. The summed E-state index contributed by atoms with van der Waals surface area (Å²) in [6, 6.07) is 5.34. The monoisotopic (exact) mass is 295 g/mol. The zero-order valence-electron chi connectivity index (χ0n) is 11.2. The predicted molar refractivity (Wildman–Crippen MR) is 79.3 cm³/mol. The Balaban J connectivity index is 1.83. The van der Waals surface area contributed by atoms with Gasteiger partial charge in [-0.25, -0.2) is 9.78 Å². The summed E-state index contributed by atoms with van der Waals surface area (Å²) in [5.41, 5.74) is 1.67. The first-order valence-corrected chi connectivity index (χ1v) is 7.11. The van der Waals surface area contributed by atoms with Crippen molar-refractivity contribution in [3.05, 3.63) is 23.2 Å². The highest BCUT2D eigenvalue weighted by atomic mass is 32.1. The average Bonchev–Trinajstić information content (AvgIpc) is 2.78. The molecule has 20 heavy (non-hydrogen) atoms. The third-order valence-corrected chi connectivity index (χ3v) is 3.45. The zero-order chi connectivity index (χ0) is 14.4. The number of rotatable bonds is 6. The number of urea groups is 1. The van der Waals surface area contributed by atoms with Crippen LogP contribution in [0, 0.1) is 6.92 Å². The van der Waals surface area contributed by atoms with Gasteiger partial charge in [-0.15, -0.1) is 11.3 Å². The fourth-order valence-electron chi connectivity index (χ4n) is 1.70. The fourth-order valence-corrected chi connectivity index (χ4v) is 2.56. The van der Waals surface area contributed by atoms with Gasteiger partial charge in [0.2, 0.25) is 0 Å². The molecule has 0 unspecified atom stereocenters. The maximum absolute atomic E-state index is 11.6. The van der Waals surface area contributed by atoms with Gasteiger partial charge in [-0.2, -0.15) is 0 Å². The van der Waals surface area contributed by atoms with Crippen LogP contribution in [0.25, 0.3) is 10.2 Å². The van der Waals surface area contributed by atoms with Gasteiger partial charge in [0.1, 0.15) is 0 Å². The lowest BCUT2D eigenvalue weighted by atomic mass is 10.3. The minimum absolute atomic E-state index is 0.0134. The summed E-state index contributed by atoms with van der Waals surface area (Å²) in [6.45, 7) is 3.00. The maximum atomic E-state index is 11.6. The Kier molecular flexibility index (Phi) is 5.28. The average molecular weight is 295 g/mol. The predicted octanol–water partition coefficient (Wildman–Crippen LogP) is 1.74. The van der Waals surface area contributed by atoms with Crippen molar-refractivity contribution < 1.29 is 14.6 Å². The van der Waals surface area contributed by atoms with Crippen molar-refractivity contribution in [3.8, 4) is 0 Å². The van der Waals surface area contributed by atoms with Crippen molar-refractivity contribution in [2.75, 3.05) is 31.7 Å². The van der Waals surface area contributed by atoms with Gasteiger partial charge < -0.3 is 20.5 Å². The fraction of sp³-hybridized carbons (Fsp3) is 0.385. The number of carbonyl (C=O) groups excluding carboxylic acids is 1. The first-order chi connectivity index (χ1) is 9.69. The van der Waals surface area contributed by atoms with E-state index in [4.69, 9.17) is 9.84 Å². The quantitative estimate of drug-likeness (QED) is 0.709. The van der Waals surface area contributed by atoms with Crippen molar-refractivity contribution in [2.24, 2.45) is 0 Å². The number of aliphatic hydroxyl groups excluding tert-OH is 1. The molecule has 0 aliphatic carbocycles. The normalized spacial score (nSPS) is 10.7. The van der Waals surface area contributed by atoms with E-state index in [0.717, 1.165) is 20.9 Å². The van der Waals surface area contributed by atoms with E-state index < -0.39 is 0 Å². The standard InChI is InChI=1S/C13H17N3O3S/c1-9-15-11-3-2-10(8-12(11)20-9)16-13(18)14-4-6-19-7-5-17/h2-3,8,17H,4-7H2,1H3,(H2,14,16,18).